The van der Waals surface area contributed by atoms with Crippen LogP contribution in [0.15, 0.2) is 30.5 Å². The Morgan fingerprint density at radius 1 is 1.29 bits per heavy atom. The van der Waals surface area contributed by atoms with Crippen molar-refractivity contribution in [3.8, 4) is 0 Å². The van der Waals surface area contributed by atoms with Crippen molar-refractivity contribution in [3.63, 3.8) is 0 Å². The average Bonchev–Trinajstić information content (AvgIpc) is 3.06. The Bertz CT molecular complexity index is 675. The predicted molar refractivity (Wildman–Crippen MR) is 123 cm³/mol. The predicted octanol–water partition coefficient (Wildman–Crippen LogP) is 7.16. The van der Waals surface area contributed by atoms with E-state index in [1.54, 1.807) is 11.1 Å². The van der Waals surface area contributed by atoms with E-state index < -0.39 is 0 Å². The first-order valence-corrected chi connectivity index (χ1v) is 11.4. The van der Waals surface area contributed by atoms with Gasteiger partial charge in [-0.2, -0.15) is 0 Å². The maximum atomic E-state index is 8.12. The van der Waals surface area contributed by atoms with Gasteiger partial charge in [0.15, 0.2) is 0 Å². The van der Waals surface area contributed by atoms with E-state index in [4.69, 9.17) is 11.1 Å². The van der Waals surface area contributed by atoms with E-state index in [-0.39, 0.29) is 0 Å². The Morgan fingerprint density at radius 3 is 2.61 bits per heavy atom. The molecular weight excluding hydrogens is 340 g/mol. The quantitative estimate of drug-likeness (QED) is 0.392. The Labute approximate surface area is 173 Å². The fourth-order valence-electron chi connectivity index (χ4n) is 5.18. The minimum Gasteiger partial charge on any atom is -0.403 e. The summed E-state index contributed by atoms with van der Waals surface area (Å²) in [4.78, 5) is 0. The van der Waals surface area contributed by atoms with Gasteiger partial charge in [0, 0.05) is 11.4 Å². The minimum absolute atomic E-state index is 0.397. The highest BCUT2D eigenvalue weighted by molar-refractivity contribution is 5.81. The molecule has 1 aliphatic carbocycles. The van der Waals surface area contributed by atoms with Crippen LogP contribution in [0.3, 0.4) is 0 Å². The first kappa shape index (κ1) is 22.7. The van der Waals surface area contributed by atoms with Crippen molar-refractivity contribution < 1.29 is 0 Å². The van der Waals surface area contributed by atoms with Gasteiger partial charge in [0.25, 0.3) is 0 Å². The standard InChI is InChI=1S/C26H42N2/c1-6-8-23-16-22(19(3)9-10-20(4)27)11-12-25(23)18-26(14-7-2)15-13-24(17-26)21(5)28/h11-12,16,19,24,28H,4,6-10,13-15,17-18,27H2,1-3,5H3. The van der Waals surface area contributed by atoms with Crippen LogP contribution in [0.25, 0.3) is 0 Å². The molecule has 1 saturated carbocycles. The van der Waals surface area contributed by atoms with Crippen LogP contribution in [0.2, 0.25) is 0 Å². The number of allylic oxidation sites excluding steroid dienone is 1. The molecule has 1 fully saturated rings. The molecule has 3 N–H and O–H groups in total. The van der Waals surface area contributed by atoms with E-state index in [2.05, 4.69) is 45.5 Å². The van der Waals surface area contributed by atoms with Crippen molar-refractivity contribution in [2.75, 3.05) is 0 Å². The van der Waals surface area contributed by atoms with Crippen molar-refractivity contribution in [1.82, 2.24) is 0 Å². The molecule has 0 spiro atoms. The molecule has 156 valence electrons. The minimum atomic E-state index is 0.397. The Balaban J connectivity index is 2.23. The molecule has 0 aromatic heterocycles. The molecule has 1 aliphatic rings. The summed E-state index contributed by atoms with van der Waals surface area (Å²) in [6.07, 6.45) is 11.7. The Kier molecular flexibility index (Phi) is 8.34. The fraction of sp³-hybridized carbons (Fsp3) is 0.654. The first-order valence-electron chi connectivity index (χ1n) is 11.4. The number of benzene rings is 1. The third kappa shape index (κ3) is 5.96. The Hall–Kier alpha value is -1.57. The lowest BCUT2D eigenvalue weighted by molar-refractivity contribution is 0.261. The second-order valence-corrected chi connectivity index (χ2v) is 9.43. The zero-order chi connectivity index (χ0) is 20.7. The number of nitrogens with two attached hydrogens (primary N) is 1. The van der Waals surface area contributed by atoms with Crippen LogP contribution in [-0.2, 0) is 12.8 Å². The van der Waals surface area contributed by atoms with Crippen LogP contribution >= 0.6 is 0 Å². The van der Waals surface area contributed by atoms with E-state index in [0.29, 0.717) is 17.3 Å². The molecule has 0 heterocycles. The van der Waals surface area contributed by atoms with Crippen LogP contribution in [0.1, 0.15) is 102 Å². The molecule has 0 saturated heterocycles. The van der Waals surface area contributed by atoms with Crippen molar-refractivity contribution in [2.24, 2.45) is 17.1 Å². The van der Waals surface area contributed by atoms with E-state index in [1.807, 2.05) is 6.92 Å². The summed E-state index contributed by atoms with van der Waals surface area (Å²) in [5.74, 6) is 1.02. The smallest absolute Gasteiger partial charge is 0.00893 e. The summed E-state index contributed by atoms with van der Waals surface area (Å²) >= 11 is 0. The van der Waals surface area contributed by atoms with Crippen LogP contribution in [0.5, 0.6) is 0 Å². The molecular formula is C26H42N2. The van der Waals surface area contributed by atoms with E-state index >= 15 is 0 Å². The maximum Gasteiger partial charge on any atom is 0.00893 e. The highest BCUT2D eigenvalue weighted by atomic mass is 14.6. The second kappa shape index (κ2) is 10.3. The summed E-state index contributed by atoms with van der Waals surface area (Å²) in [5.41, 5.74) is 12.4. The highest BCUT2D eigenvalue weighted by Crippen LogP contribution is 2.48. The van der Waals surface area contributed by atoms with Crippen molar-refractivity contribution in [2.45, 2.75) is 97.8 Å². The average molecular weight is 383 g/mol. The van der Waals surface area contributed by atoms with Crippen molar-refractivity contribution >= 4 is 5.71 Å². The van der Waals surface area contributed by atoms with Gasteiger partial charge >= 0.3 is 0 Å². The molecule has 0 amide bonds. The molecule has 1 aromatic carbocycles. The lowest BCUT2D eigenvalue weighted by Crippen LogP contribution is -2.22. The largest absolute Gasteiger partial charge is 0.403 e. The summed E-state index contributed by atoms with van der Waals surface area (Å²) in [7, 11) is 0. The fourth-order valence-corrected chi connectivity index (χ4v) is 5.18. The molecule has 1 aromatic rings. The molecule has 0 bridgehead atoms. The van der Waals surface area contributed by atoms with Gasteiger partial charge in [-0.1, -0.05) is 58.4 Å². The summed E-state index contributed by atoms with van der Waals surface area (Å²) in [6.45, 7) is 12.7. The molecule has 0 aliphatic heterocycles. The molecule has 28 heavy (non-hydrogen) atoms. The van der Waals surface area contributed by atoms with Gasteiger partial charge in [-0.05, 0) is 92.2 Å². The third-order valence-corrected chi connectivity index (χ3v) is 6.88. The number of aryl methyl sites for hydroxylation is 1. The van der Waals surface area contributed by atoms with Crippen molar-refractivity contribution in [1.29, 1.82) is 5.41 Å². The van der Waals surface area contributed by atoms with Gasteiger partial charge in [-0.15, -0.1) is 0 Å². The normalized spacial score (nSPS) is 22.9. The summed E-state index contributed by atoms with van der Waals surface area (Å²) in [6, 6.07) is 7.24. The van der Waals surface area contributed by atoms with Gasteiger partial charge in [-0.3, -0.25) is 0 Å². The SMILES string of the molecule is C=C(N)CCC(C)c1ccc(CC2(CCC)CCC(C(C)=N)C2)c(CCC)c1. The lowest BCUT2D eigenvalue weighted by Gasteiger charge is -2.31. The van der Waals surface area contributed by atoms with Gasteiger partial charge in [0.1, 0.15) is 0 Å². The highest BCUT2D eigenvalue weighted by Gasteiger charge is 2.39. The summed E-state index contributed by atoms with van der Waals surface area (Å²) in [5, 5.41) is 8.12. The number of hydrogen-bond acceptors (Lipinski definition) is 2. The van der Waals surface area contributed by atoms with Gasteiger partial charge < -0.3 is 11.1 Å². The van der Waals surface area contributed by atoms with Crippen LogP contribution in [0.4, 0.5) is 0 Å². The van der Waals surface area contributed by atoms with Gasteiger partial charge in [-0.25, -0.2) is 0 Å². The van der Waals surface area contributed by atoms with E-state index in [1.165, 1.54) is 50.5 Å². The first-order chi connectivity index (χ1) is 13.3. The zero-order valence-corrected chi connectivity index (χ0v) is 18.7. The molecule has 2 rings (SSSR count). The van der Waals surface area contributed by atoms with Crippen molar-refractivity contribution in [3.05, 3.63) is 47.2 Å². The lowest BCUT2D eigenvalue weighted by atomic mass is 9.74. The zero-order valence-electron chi connectivity index (χ0n) is 18.7. The number of nitrogens with one attached hydrogen (secondary N) is 1. The molecule has 0 radical (unpaired) electrons. The third-order valence-electron chi connectivity index (χ3n) is 6.88. The monoisotopic (exact) mass is 382 g/mol. The molecule has 3 atom stereocenters. The summed E-state index contributed by atoms with van der Waals surface area (Å²) < 4.78 is 0. The van der Waals surface area contributed by atoms with Crippen LogP contribution in [-0.4, -0.2) is 5.71 Å². The number of rotatable bonds is 11. The van der Waals surface area contributed by atoms with Crippen LogP contribution in [0, 0.1) is 16.7 Å². The molecule has 2 heteroatoms. The molecule has 2 nitrogen and oxygen atoms in total. The maximum absolute atomic E-state index is 8.12. The van der Waals surface area contributed by atoms with E-state index in [9.17, 15) is 0 Å². The van der Waals surface area contributed by atoms with Gasteiger partial charge in [0.05, 0.1) is 0 Å². The van der Waals surface area contributed by atoms with Gasteiger partial charge in [0.2, 0.25) is 0 Å². The van der Waals surface area contributed by atoms with E-state index in [0.717, 1.165) is 30.7 Å². The number of hydrogen-bond donors (Lipinski definition) is 2. The molecule has 3 unspecified atom stereocenters. The van der Waals surface area contributed by atoms with Crippen LogP contribution < -0.4 is 5.73 Å². The topological polar surface area (TPSA) is 49.9 Å². The second-order valence-electron chi connectivity index (χ2n) is 9.43. The Morgan fingerprint density at radius 2 is 2.04 bits per heavy atom.